The molecule has 0 aliphatic rings. The Morgan fingerprint density at radius 2 is 1.85 bits per heavy atom. The van der Waals surface area contributed by atoms with Gasteiger partial charge in [0, 0.05) is 0 Å². The van der Waals surface area contributed by atoms with E-state index in [2.05, 4.69) is 5.32 Å². The molecule has 146 valence electrons. The Kier molecular flexibility index (Phi) is 7.84. The molecule has 1 amide bonds. The molecule has 2 rings (SSSR count). The molecule has 1 atom stereocenters. The fourth-order valence-electron chi connectivity index (χ4n) is 2.37. The number of ether oxygens (including phenoxy) is 1. The van der Waals surface area contributed by atoms with Crippen LogP contribution in [0, 0.1) is 0 Å². The summed E-state index contributed by atoms with van der Waals surface area (Å²) in [5.41, 5.74) is 0.742. The van der Waals surface area contributed by atoms with E-state index < -0.39 is 23.7 Å². The number of thioether (sulfide) groups is 1. The van der Waals surface area contributed by atoms with Crippen molar-refractivity contribution in [3.8, 4) is 0 Å². The minimum atomic E-state index is -2.51. The van der Waals surface area contributed by atoms with Gasteiger partial charge in [0.15, 0.2) is 5.76 Å². The number of hydrogen-bond acceptors (Lipinski definition) is 5. The third kappa shape index (κ3) is 7.05. The highest BCUT2D eigenvalue weighted by Gasteiger charge is 2.22. The van der Waals surface area contributed by atoms with E-state index in [9.17, 15) is 18.4 Å². The molecule has 0 spiro atoms. The second kappa shape index (κ2) is 10.1. The summed E-state index contributed by atoms with van der Waals surface area (Å²) in [6.07, 6.45) is -0.299. The van der Waals surface area contributed by atoms with Gasteiger partial charge < -0.3 is 14.5 Å². The molecule has 0 radical (unpaired) electrons. The van der Waals surface area contributed by atoms with Crippen molar-refractivity contribution >= 4 is 23.6 Å². The smallest absolute Gasteiger partial charge is 0.308 e. The van der Waals surface area contributed by atoms with Gasteiger partial charge in [0.2, 0.25) is 0 Å². The number of halogens is 2. The monoisotopic (exact) mass is 397 g/mol. The highest BCUT2D eigenvalue weighted by Crippen LogP contribution is 2.22. The number of hydrogen-bond donors (Lipinski definition) is 1. The number of amides is 1. The van der Waals surface area contributed by atoms with Crippen molar-refractivity contribution in [2.75, 3.05) is 0 Å². The molecule has 1 N–H and O–H groups in total. The van der Waals surface area contributed by atoms with Crippen LogP contribution in [0.4, 0.5) is 8.78 Å². The summed E-state index contributed by atoms with van der Waals surface area (Å²) in [6, 6.07) is 11.3. The molecule has 2 aromatic rings. The molecule has 0 aliphatic heterocycles. The molecule has 1 aromatic carbocycles. The van der Waals surface area contributed by atoms with E-state index in [1.54, 1.807) is 38.1 Å². The van der Waals surface area contributed by atoms with Crippen LogP contribution in [0.3, 0.4) is 0 Å². The molecule has 8 heteroatoms. The second-order valence-corrected chi connectivity index (χ2v) is 7.00. The maximum atomic E-state index is 12.5. The van der Waals surface area contributed by atoms with Crippen LogP contribution in [-0.4, -0.2) is 23.7 Å². The Balaban J connectivity index is 2.07. The highest BCUT2D eigenvalue weighted by molar-refractivity contribution is 7.98. The van der Waals surface area contributed by atoms with Crippen LogP contribution in [0.5, 0.6) is 0 Å². The third-order valence-electron chi connectivity index (χ3n) is 3.48. The van der Waals surface area contributed by atoms with Crippen LogP contribution in [0.2, 0.25) is 0 Å². The van der Waals surface area contributed by atoms with Gasteiger partial charge in [0.05, 0.1) is 24.3 Å². The van der Waals surface area contributed by atoms with Crippen molar-refractivity contribution in [2.45, 2.75) is 43.9 Å². The number of furan rings is 1. The van der Waals surface area contributed by atoms with Crippen LogP contribution in [0.15, 0.2) is 46.9 Å². The van der Waals surface area contributed by atoms with Gasteiger partial charge in [-0.25, -0.2) is 0 Å². The quantitative estimate of drug-likeness (QED) is 0.629. The minimum absolute atomic E-state index is 0.00183. The molecule has 1 heterocycles. The molecule has 27 heavy (non-hydrogen) atoms. The first kappa shape index (κ1) is 21.0. The lowest BCUT2D eigenvalue weighted by Gasteiger charge is -2.19. The third-order valence-corrected chi connectivity index (χ3v) is 4.19. The molecule has 0 aliphatic carbocycles. The Hall–Kier alpha value is -2.35. The molecule has 1 aromatic heterocycles. The first-order valence-corrected chi connectivity index (χ1v) is 9.43. The Morgan fingerprint density at radius 1 is 1.15 bits per heavy atom. The normalized spacial score (nSPS) is 12.2. The summed E-state index contributed by atoms with van der Waals surface area (Å²) >= 11 is 0.414. The number of carbonyl (C=O) groups is 2. The summed E-state index contributed by atoms with van der Waals surface area (Å²) < 4.78 is 35.0. The molecule has 0 bridgehead atoms. The van der Waals surface area contributed by atoms with E-state index >= 15 is 0 Å². The van der Waals surface area contributed by atoms with Gasteiger partial charge in [-0.05, 0) is 31.5 Å². The maximum Gasteiger partial charge on any atom is 0.308 e. The predicted molar refractivity (Wildman–Crippen MR) is 98.5 cm³/mol. The van der Waals surface area contributed by atoms with Crippen molar-refractivity contribution < 1.29 is 27.5 Å². The summed E-state index contributed by atoms with van der Waals surface area (Å²) in [5, 5.41) is 2.74. The number of alkyl halides is 2. The van der Waals surface area contributed by atoms with Gasteiger partial charge in [-0.1, -0.05) is 42.1 Å². The molecule has 1 unspecified atom stereocenters. The van der Waals surface area contributed by atoms with Crippen molar-refractivity contribution in [1.29, 1.82) is 0 Å². The van der Waals surface area contributed by atoms with Crippen LogP contribution < -0.4 is 5.32 Å². The van der Waals surface area contributed by atoms with E-state index in [0.717, 1.165) is 5.56 Å². The largest absolute Gasteiger partial charge is 0.463 e. The lowest BCUT2D eigenvalue weighted by molar-refractivity contribution is -0.147. The van der Waals surface area contributed by atoms with Crippen molar-refractivity contribution in [2.24, 2.45) is 0 Å². The van der Waals surface area contributed by atoms with Crippen molar-refractivity contribution in [1.82, 2.24) is 5.32 Å². The zero-order valence-corrected chi connectivity index (χ0v) is 15.8. The Labute approximate surface area is 160 Å². The average molecular weight is 397 g/mol. The van der Waals surface area contributed by atoms with E-state index in [4.69, 9.17) is 9.15 Å². The van der Waals surface area contributed by atoms with Gasteiger partial charge in [-0.3, -0.25) is 9.59 Å². The first-order valence-electron chi connectivity index (χ1n) is 8.39. The fraction of sp³-hybridized carbons (Fsp3) is 0.368. The Bertz CT molecular complexity index is 749. The first-order chi connectivity index (χ1) is 12.8. The van der Waals surface area contributed by atoms with Crippen LogP contribution in [0.1, 0.15) is 48.2 Å². The minimum Gasteiger partial charge on any atom is -0.463 e. The summed E-state index contributed by atoms with van der Waals surface area (Å²) in [7, 11) is 0. The number of rotatable bonds is 9. The lowest BCUT2D eigenvalue weighted by atomic mass is 10.0. The number of esters is 1. The Morgan fingerprint density at radius 3 is 2.48 bits per heavy atom. The van der Waals surface area contributed by atoms with E-state index in [1.807, 2.05) is 6.07 Å². The molecule has 0 fully saturated rings. The van der Waals surface area contributed by atoms with E-state index in [0.29, 0.717) is 11.8 Å². The standard InChI is InChI=1S/C19H21F2NO4S/c1-12(2)25-17(23)10-15(13-6-4-3-5-7-13)22-18(24)16-9-8-14(26-16)11-27-19(20)21/h3-9,12,15,19H,10-11H2,1-2H3,(H,22,24). The van der Waals surface area contributed by atoms with Gasteiger partial charge in [0.25, 0.3) is 11.7 Å². The number of nitrogens with one attached hydrogen (secondary N) is 1. The maximum absolute atomic E-state index is 12.5. The van der Waals surface area contributed by atoms with E-state index in [-0.39, 0.29) is 29.8 Å². The van der Waals surface area contributed by atoms with Gasteiger partial charge >= 0.3 is 5.97 Å². The van der Waals surface area contributed by atoms with Gasteiger partial charge in [0.1, 0.15) is 5.76 Å². The van der Waals surface area contributed by atoms with Crippen molar-refractivity contribution in [3.05, 3.63) is 59.5 Å². The number of carbonyl (C=O) groups excluding carboxylic acids is 2. The zero-order valence-electron chi connectivity index (χ0n) is 15.0. The molecule has 0 saturated carbocycles. The van der Waals surface area contributed by atoms with Gasteiger partial charge in [-0.2, -0.15) is 8.78 Å². The second-order valence-electron chi connectivity index (χ2n) is 6.02. The van der Waals surface area contributed by atoms with E-state index in [1.165, 1.54) is 12.1 Å². The topological polar surface area (TPSA) is 68.5 Å². The average Bonchev–Trinajstić information content (AvgIpc) is 3.08. The van der Waals surface area contributed by atoms with Crippen LogP contribution in [0.25, 0.3) is 0 Å². The molecular formula is C19H21F2NO4S. The summed E-state index contributed by atoms with van der Waals surface area (Å²) in [4.78, 5) is 24.5. The van der Waals surface area contributed by atoms with Gasteiger partial charge in [-0.15, -0.1) is 0 Å². The predicted octanol–water partition coefficient (Wildman–Crippen LogP) is 4.55. The fourth-order valence-corrected chi connectivity index (χ4v) is 2.81. The number of benzene rings is 1. The summed E-state index contributed by atoms with van der Waals surface area (Å²) in [5.74, 6) is -3.24. The lowest BCUT2D eigenvalue weighted by Crippen LogP contribution is -2.30. The molecule has 0 saturated heterocycles. The SMILES string of the molecule is CC(C)OC(=O)CC(NC(=O)c1ccc(CSC(F)F)o1)c1ccccc1. The highest BCUT2D eigenvalue weighted by atomic mass is 32.2. The van der Waals surface area contributed by atoms with Crippen LogP contribution in [-0.2, 0) is 15.3 Å². The zero-order chi connectivity index (χ0) is 19.8. The van der Waals surface area contributed by atoms with Crippen molar-refractivity contribution in [3.63, 3.8) is 0 Å². The molecular weight excluding hydrogens is 376 g/mol. The van der Waals surface area contributed by atoms with Crippen LogP contribution >= 0.6 is 11.8 Å². The summed E-state index contributed by atoms with van der Waals surface area (Å²) in [6.45, 7) is 3.49. The molecule has 5 nitrogen and oxygen atoms in total.